The minimum Gasteiger partial charge on any atom is -0.350 e. The number of benzene rings is 2. The lowest BCUT2D eigenvalue weighted by Gasteiger charge is -2.30. The van der Waals surface area contributed by atoms with Crippen LogP contribution in [0.4, 0.5) is 14.5 Å². The van der Waals surface area contributed by atoms with E-state index in [0.717, 1.165) is 22.7 Å². The lowest BCUT2D eigenvalue weighted by atomic mass is 10.1. The van der Waals surface area contributed by atoms with Gasteiger partial charge in [0, 0.05) is 6.54 Å². The van der Waals surface area contributed by atoms with Crippen LogP contribution in [0.2, 0.25) is 5.02 Å². The van der Waals surface area contributed by atoms with Crippen LogP contribution in [-0.4, -0.2) is 26.6 Å². The summed E-state index contributed by atoms with van der Waals surface area (Å²) in [5.74, 6) is -1.62. The van der Waals surface area contributed by atoms with Crippen molar-refractivity contribution in [3.8, 4) is 0 Å². The molecule has 27 heavy (non-hydrogen) atoms. The maximum Gasteiger partial charge on any atom is 0.244 e. The topological polar surface area (TPSA) is 66.5 Å². The Hall–Kier alpha value is -2.19. The lowest BCUT2D eigenvalue weighted by Crippen LogP contribution is -2.49. The third kappa shape index (κ3) is 5.40. The number of amides is 1. The Morgan fingerprint density at radius 2 is 1.81 bits per heavy atom. The molecule has 5 nitrogen and oxygen atoms in total. The number of nitrogens with one attached hydrogen (secondary N) is 1. The highest BCUT2D eigenvalue weighted by atomic mass is 35.5. The highest BCUT2D eigenvalue weighted by Crippen LogP contribution is 2.27. The first-order valence-corrected chi connectivity index (χ1v) is 10.3. The first-order chi connectivity index (χ1) is 12.6. The van der Waals surface area contributed by atoms with Gasteiger partial charge in [-0.3, -0.25) is 9.10 Å². The van der Waals surface area contributed by atoms with Gasteiger partial charge in [0.1, 0.15) is 17.7 Å². The second-order valence-electron chi connectivity index (χ2n) is 5.93. The molecule has 0 radical (unpaired) electrons. The van der Waals surface area contributed by atoms with E-state index in [9.17, 15) is 22.0 Å². The summed E-state index contributed by atoms with van der Waals surface area (Å²) < 4.78 is 51.9. The molecule has 1 N–H and O–H groups in total. The van der Waals surface area contributed by atoms with E-state index in [-0.39, 0.29) is 23.7 Å². The van der Waals surface area contributed by atoms with Gasteiger partial charge in [0.25, 0.3) is 0 Å². The molecule has 0 heterocycles. The molecule has 0 aliphatic rings. The summed E-state index contributed by atoms with van der Waals surface area (Å²) in [5.41, 5.74) is 0.753. The third-order valence-corrected chi connectivity index (χ3v) is 5.34. The van der Waals surface area contributed by atoms with Gasteiger partial charge in [0.05, 0.1) is 17.0 Å². The molecule has 0 saturated heterocycles. The predicted octanol–water partition coefficient (Wildman–Crippen LogP) is 3.48. The molecule has 1 amide bonds. The van der Waals surface area contributed by atoms with Crippen LogP contribution in [0.1, 0.15) is 18.9 Å². The predicted molar refractivity (Wildman–Crippen MR) is 101 cm³/mol. The van der Waals surface area contributed by atoms with Gasteiger partial charge in [-0.1, -0.05) is 30.7 Å². The van der Waals surface area contributed by atoms with E-state index in [2.05, 4.69) is 5.32 Å². The van der Waals surface area contributed by atoms with E-state index >= 15 is 0 Å². The summed E-state index contributed by atoms with van der Waals surface area (Å²) in [6.07, 6.45) is 1.14. The van der Waals surface area contributed by atoms with Crippen LogP contribution in [0.15, 0.2) is 42.5 Å². The van der Waals surface area contributed by atoms with E-state index in [4.69, 9.17) is 11.6 Å². The highest BCUT2D eigenvalue weighted by Gasteiger charge is 2.31. The number of nitrogens with zero attached hydrogens (tertiary/aromatic N) is 1. The number of hydrogen-bond donors (Lipinski definition) is 1. The van der Waals surface area contributed by atoms with E-state index in [1.165, 1.54) is 30.3 Å². The average Bonchev–Trinajstić information content (AvgIpc) is 2.60. The van der Waals surface area contributed by atoms with Gasteiger partial charge in [0.2, 0.25) is 15.9 Å². The fraction of sp³-hybridized carbons (Fsp3) is 0.278. The SMILES string of the molecule is CC[C@H](C(=O)NCc1ccc(F)cc1)N(c1ccc(F)c(Cl)c1)S(C)(=O)=O. The Labute approximate surface area is 162 Å². The lowest BCUT2D eigenvalue weighted by molar-refractivity contribution is -0.122. The van der Waals surface area contributed by atoms with E-state index in [1.54, 1.807) is 6.92 Å². The van der Waals surface area contributed by atoms with Crippen molar-refractivity contribution in [3.05, 3.63) is 64.7 Å². The van der Waals surface area contributed by atoms with Crippen LogP contribution < -0.4 is 9.62 Å². The Kier molecular flexibility index (Phi) is 6.78. The normalized spacial score (nSPS) is 12.5. The molecule has 2 rings (SSSR count). The smallest absolute Gasteiger partial charge is 0.244 e. The van der Waals surface area contributed by atoms with E-state index < -0.39 is 33.6 Å². The number of carbonyl (C=O) groups is 1. The van der Waals surface area contributed by atoms with Crippen molar-refractivity contribution in [2.24, 2.45) is 0 Å². The first kappa shape index (κ1) is 21.1. The standard InChI is InChI=1S/C18H19ClF2N2O3S/c1-3-17(18(24)22-11-12-4-6-13(20)7-5-12)23(27(2,25)26)14-8-9-16(21)15(19)10-14/h4-10,17H,3,11H2,1-2H3,(H,22,24)/t17-/m1/s1. The fourth-order valence-electron chi connectivity index (χ4n) is 2.59. The fourth-order valence-corrected chi connectivity index (χ4v) is 3.97. The number of hydrogen-bond acceptors (Lipinski definition) is 3. The molecule has 0 unspecified atom stereocenters. The van der Waals surface area contributed by atoms with Crippen LogP contribution >= 0.6 is 11.6 Å². The molecule has 2 aromatic rings. The molecule has 0 spiro atoms. The molecular weight excluding hydrogens is 398 g/mol. The molecule has 2 aromatic carbocycles. The number of sulfonamides is 1. The van der Waals surface area contributed by atoms with E-state index in [0.29, 0.717) is 5.56 Å². The molecule has 0 fully saturated rings. The Morgan fingerprint density at radius 3 is 2.33 bits per heavy atom. The van der Waals surface area contributed by atoms with Gasteiger partial charge in [-0.05, 0) is 42.3 Å². The minimum absolute atomic E-state index is 0.0904. The summed E-state index contributed by atoms with van der Waals surface area (Å²) >= 11 is 5.76. The summed E-state index contributed by atoms with van der Waals surface area (Å²) in [6.45, 7) is 1.77. The van der Waals surface area contributed by atoms with Crippen molar-refractivity contribution >= 4 is 33.2 Å². The van der Waals surface area contributed by atoms with Crippen LogP contribution in [0.25, 0.3) is 0 Å². The molecule has 0 aliphatic heterocycles. The summed E-state index contributed by atoms with van der Waals surface area (Å²) in [6, 6.07) is 7.96. The second kappa shape index (κ2) is 8.67. The van der Waals surface area contributed by atoms with Gasteiger partial charge >= 0.3 is 0 Å². The monoisotopic (exact) mass is 416 g/mol. The Balaban J connectivity index is 2.27. The van der Waals surface area contributed by atoms with Crippen LogP contribution in [0.5, 0.6) is 0 Å². The zero-order valence-electron chi connectivity index (χ0n) is 14.7. The maximum absolute atomic E-state index is 13.4. The van der Waals surface area contributed by atoms with Crippen LogP contribution in [0.3, 0.4) is 0 Å². The summed E-state index contributed by atoms with van der Waals surface area (Å²) in [7, 11) is -3.85. The summed E-state index contributed by atoms with van der Waals surface area (Å²) in [4.78, 5) is 12.6. The van der Waals surface area contributed by atoms with Crippen LogP contribution in [0, 0.1) is 11.6 Å². The number of rotatable bonds is 7. The van der Waals surface area contributed by atoms with Gasteiger partial charge in [-0.25, -0.2) is 17.2 Å². The zero-order valence-corrected chi connectivity index (χ0v) is 16.3. The number of halogens is 3. The van der Waals surface area contributed by atoms with E-state index in [1.807, 2.05) is 0 Å². The third-order valence-electron chi connectivity index (χ3n) is 3.87. The van der Waals surface area contributed by atoms with Crippen molar-refractivity contribution in [2.45, 2.75) is 25.9 Å². The van der Waals surface area contributed by atoms with Crippen molar-refractivity contribution in [1.82, 2.24) is 5.32 Å². The minimum atomic E-state index is -3.85. The molecular formula is C18H19ClF2N2O3S. The van der Waals surface area contributed by atoms with Gasteiger partial charge in [-0.15, -0.1) is 0 Å². The van der Waals surface area contributed by atoms with Crippen molar-refractivity contribution < 1.29 is 22.0 Å². The Morgan fingerprint density at radius 1 is 1.19 bits per heavy atom. The molecule has 0 bridgehead atoms. The molecule has 0 aliphatic carbocycles. The Bertz CT molecular complexity index is 921. The van der Waals surface area contributed by atoms with Crippen LogP contribution in [-0.2, 0) is 21.4 Å². The van der Waals surface area contributed by atoms with Gasteiger partial charge in [0.15, 0.2) is 0 Å². The molecule has 1 atom stereocenters. The largest absolute Gasteiger partial charge is 0.350 e. The first-order valence-electron chi connectivity index (χ1n) is 8.10. The number of carbonyl (C=O) groups excluding carboxylic acids is 1. The zero-order chi connectivity index (χ0) is 20.2. The average molecular weight is 417 g/mol. The molecule has 146 valence electrons. The molecule has 9 heteroatoms. The molecule has 0 saturated carbocycles. The van der Waals surface area contributed by atoms with Crippen molar-refractivity contribution in [2.75, 3.05) is 10.6 Å². The highest BCUT2D eigenvalue weighted by molar-refractivity contribution is 7.92. The molecule has 0 aromatic heterocycles. The number of anilines is 1. The van der Waals surface area contributed by atoms with Gasteiger partial charge < -0.3 is 5.32 Å². The summed E-state index contributed by atoms with van der Waals surface area (Å²) in [5, 5.41) is 2.40. The van der Waals surface area contributed by atoms with Gasteiger partial charge in [-0.2, -0.15) is 0 Å². The van der Waals surface area contributed by atoms with Crippen molar-refractivity contribution in [1.29, 1.82) is 0 Å². The quantitative estimate of drug-likeness (QED) is 0.751. The second-order valence-corrected chi connectivity index (χ2v) is 8.19. The van der Waals surface area contributed by atoms with Crippen molar-refractivity contribution in [3.63, 3.8) is 0 Å². The maximum atomic E-state index is 13.4.